The number of fused-ring (bicyclic) bond motifs is 2. The highest BCUT2D eigenvalue weighted by atomic mass is 16.6. The van der Waals surface area contributed by atoms with Gasteiger partial charge < -0.3 is 24.3 Å². The van der Waals surface area contributed by atoms with E-state index in [2.05, 4.69) is 5.32 Å². The SMILES string of the molecule is O=C(NC[C@@H]1COc2ccccc2O1)[C@H]1COc2ccccc2O1. The first-order chi connectivity index (χ1) is 11.8. The molecule has 2 aromatic rings. The van der Waals surface area contributed by atoms with Gasteiger partial charge in [0, 0.05) is 0 Å². The molecule has 0 bridgehead atoms. The van der Waals surface area contributed by atoms with Crippen LogP contribution in [0, 0.1) is 0 Å². The first-order valence-corrected chi connectivity index (χ1v) is 7.84. The van der Waals surface area contributed by atoms with Crippen molar-refractivity contribution in [1.82, 2.24) is 5.32 Å². The zero-order valence-corrected chi connectivity index (χ0v) is 12.9. The highest BCUT2D eigenvalue weighted by Gasteiger charge is 2.28. The molecule has 6 nitrogen and oxygen atoms in total. The van der Waals surface area contributed by atoms with Crippen LogP contribution in [0.25, 0.3) is 0 Å². The number of benzene rings is 2. The van der Waals surface area contributed by atoms with E-state index in [1.54, 1.807) is 6.07 Å². The molecule has 2 aliphatic rings. The number of para-hydroxylation sites is 4. The maximum absolute atomic E-state index is 12.3. The van der Waals surface area contributed by atoms with Crippen molar-refractivity contribution < 1.29 is 23.7 Å². The number of ether oxygens (including phenoxy) is 4. The van der Waals surface area contributed by atoms with Crippen LogP contribution in [-0.4, -0.2) is 37.9 Å². The minimum atomic E-state index is -0.670. The summed E-state index contributed by atoms with van der Waals surface area (Å²) < 4.78 is 22.7. The fraction of sp³-hybridized carbons (Fsp3) is 0.278. The molecule has 0 fully saturated rings. The van der Waals surface area contributed by atoms with Crippen LogP contribution < -0.4 is 24.3 Å². The number of hydrogen-bond donors (Lipinski definition) is 1. The number of amides is 1. The van der Waals surface area contributed by atoms with Gasteiger partial charge in [-0.05, 0) is 24.3 Å². The van der Waals surface area contributed by atoms with Crippen LogP contribution in [0.15, 0.2) is 48.5 Å². The second-order valence-electron chi connectivity index (χ2n) is 5.61. The highest BCUT2D eigenvalue weighted by Crippen LogP contribution is 2.31. The van der Waals surface area contributed by atoms with Crippen molar-refractivity contribution in [2.24, 2.45) is 0 Å². The van der Waals surface area contributed by atoms with E-state index in [4.69, 9.17) is 18.9 Å². The van der Waals surface area contributed by atoms with Crippen LogP contribution in [0.5, 0.6) is 23.0 Å². The predicted molar refractivity (Wildman–Crippen MR) is 85.7 cm³/mol. The van der Waals surface area contributed by atoms with Gasteiger partial charge in [0.05, 0.1) is 6.54 Å². The van der Waals surface area contributed by atoms with Crippen molar-refractivity contribution in [2.75, 3.05) is 19.8 Å². The van der Waals surface area contributed by atoms with Crippen LogP contribution >= 0.6 is 0 Å². The van der Waals surface area contributed by atoms with Gasteiger partial charge in [-0.2, -0.15) is 0 Å². The van der Waals surface area contributed by atoms with Crippen LogP contribution in [0.4, 0.5) is 0 Å². The van der Waals surface area contributed by atoms with Gasteiger partial charge in [-0.15, -0.1) is 0 Å². The molecule has 2 aliphatic heterocycles. The summed E-state index contributed by atoms with van der Waals surface area (Å²) in [6, 6.07) is 14.8. The molecular weight excluding hydrogens is 310 g/mol. The zero-order chi connectivity index (χ0) is 16.4. The van der Waals surface area contributed by atoms with E-state index in [1.807, 2.05) is 42.5 Å². The second-order valence-corrected chi connectivity index (χ2v) is 5.61. The molecule has 0 aliphatic carbocycles. The molecule has 2 atom stereocenters. The topological polar surface area (TPSA) is 66.0 Å². The fourth-order valence-corrected chi connectivity index (χ4v) is 2.64. The molecular formula is C18H17NO5. The number of carbonyl (C=O) groups excluding carboxylic acids is 1. The summed E-state index contributed by atoms with van der Waals surface area (Å²) >= 11 is 0. The molecule has 1 N–H and O–H groups in total. The first-order valence-electron chi connectivity index (χ1n) is 7.84. The molecule has 0 radical (unpaired) electrons. The molecule has 0 aromatic heterocycles. The van der Waals surface area contributed by atoms with Crippen LogP contribution in [0.2, 0.25) is 0 Å². The predicted octanol–water partition coefficient (Wildman–Crippen LogP) is 1.78. The molecule has 1 amide bonds. The van der Waals surface area contributed by atoms with E-state index in [1.165, 1.54) is 0 Å². The molecule has 0 unspecified atom stereocenters. The van der Waals surface area contributed by atoms with Crippen LogP contribution in [0.1, 0.15) is 0 Å². The smallest absolute Gasteiger partial charge is 0.264 e. The average molecular weight is 327 g/mol. The summed E-state index contributed by atoms with van der Waals surface area (Å²) in [4.78, 5) is 12.3. The van der Waals surface area contributed by atoms with Gasteiger partial charge in [0.2, 0.25) is 6.10 Å². The van der Waals surface area contributed by atoms with Crippen molar-refractivity contribution in [3.8, 4) is 23.0 Å². The quantitative estimate of drug-likeness (QED) is 0.931. The van der Waals surface area contributed by atoms with Crippen molar-refractivity contribution in [3.63, 3.8) is 0 Å². The Balaban J connectivity index is 1.32. The van der Waals surface area contributed by atoms with Crippen LogP contribution in [0.3, 0.4) is 0 Å². The zero-order valence-electron chi connectivity index (χ0n) is 12.9. The standard InChI is InChI=1S/C18H17NO5/c20-18(17-11-22-14-6-2-4-8-16(14)24-17)19-9-12-10-21-13-5-1-3-7-15(13)23-12/h1-8,12,17H,9-11H2,(H,19,20)/t12-,17-/m1/s1. The molecule has 24 heavy (non-hydrogen) atoms. The molecule has 6 heteroatoms. The summed E-state index contributed by atoms with van der Waals surface area (Å²) in [7, 11) is 0. The Bertz CT molecular complexity index is 748. The maximum Gasteiger partial charge on any atom is 0.264 e. The third kappa shape index (κ3) is 2.95. The van der Waals surface area contributed by atoms with E-state index >= 15 is 0 Å². The van der Waals surface area contributed by atoms with Gasteiger partial charge in [0.25, 0.3) is 5.91 Å². The van der Waals surface area contributed by atoms with Crippen molar-refractivity contribution in [1.29, 1.82) is 0 Å². The number of carbonyl (C=O) groups is 1. The third-order valence-electron chi connectivity index (χ3n) is 3.87. The molecule has 2 aromatic carbocycles. The summed E-state index contributed by atoms with van der Waals surface area (Å²) in [6.07, 6.45) is -0.905. The van der Waals surface area contributed by atoms with Gasteiger partial charge in [0.1, 0.15) is 19.3 Å². The Hall–Kier alpha value is -2.89. The number of hydrogen-bond acceptors (Lipinski definition) is 5. The lowest BCUT2D eigenvalue weighted by molar-refractivity contribution is -0.130. The average Bonchev–Trinajstić information content (AvgIpc) is 2.65. The van der Waals surface area contributed by atoms with E-state index < -0.39 is 6.10 Å². The van der Waals surface area contributed by atoms with Crippen molar-refractivity contribution in [3.05, 3.63) is 48.5 Å². The molecule has 124 valence electrons. The van der Waals surface area contributed by atoms with Crippen molar-refractivity contribution >= 4 is 5.91 Å². The van der Waals surface area contributed by atoms with Crippen molar-refractivity contribution in [2.45, 2.75) is 12.2 Å². The molecule has 0 saturated carbocycles. The van der Waals surface area contributed by atoms with E-state index in [0.717, 1.165) is 5.75 Å². The fourth-order valence-electron chi connectivity index (χ4n) is 2.64. The minimum Gasteiger partial charge on any atom is -0.486 e. The summed E-state index contributed by atoms with van der Waals surface area (Å²) in [5, 5.41) is 2.83. The Morgan fingerprint density at radius 1 is 0.875 bits per heavy atom. The molecule has 0 spiro atoms. The normalized spacial score (nSPS) is 21.0. The summed E-state index contributed by atoms with van der Waals surface area (Å²) in [6.45, 7) is 0.921. The maximum atomic E-state index is 12.3. The van der Waals surface area contributed by atoms with E-state index in [0.29, 0.717) is 30.4 Å². The third-order valence-corrected chi connectivity index (χ3v) is 3.87. The minimum absolute atomic E-state index is 0.188. The first kappa shape index (κ1) is 14.7. The lowest BCUT2D eigenvalue weighted by Gasteiger charge is -2.28. The largest absolute Gasteiger partial charge is 0.486 e. The van der Waals surface area contributed by atoms with Gasteiger partial charge in [-0.3, -0.25) is 4.79 Å². The van der Waals surface area contributed by atoms with E-state index in [-0.39, 0.29) is 18.6 Å². The second kappa shape index (κ2) is 6.31. The molecule has 0 saturated heterocycles. The lowest BCUT2D eigenvalue weighted by Crippen LogP contribution is -2.48. The van der Waals surface area contributed by atoms with Crippen LogP contribution in [-0.2, 0) is 4.79 Å². The number of rotatable bonds is 3. The van der Waals surface area contributed by atoms with E-state index in [9.17, 15) is 4.79 Å². The number of nitrogens with one attached hydrogen (secondary N) is 1. The highest BCUT2D eigenvalue weighted by molar-refractivity contribution is 5.81. The Morgan fingerprint density at radius 3 is 2.17 bits per heavy atom. The Morgan fingerprint density at radius 2 is 1.46 bits per heavy atom. The Kier molecular flexibility index (Phi) is 3.86. The lowest BCUT2D eigenvalue weighted by atomic mass is 10.2. The van der Waals surface area contributed by atoms with Gasteiger partial charge >= 0.3 is 0 Å². The monoisotopic (exact) mass is 327 g/mol. The Labute approximate surface area is 139 Å². The molecule has 4 rings (SSSR count). The summed E-state index contributed by atoms with van der Waals surface area (Å²) in [5.41, 5.74) is 0. The van der Waals surface area contributed by atoms with Gasteiger partial charge in [-0.25, -0.2) is 0 Å². The van der Waals surface area contributed by atoms with Gasteiger partial charge in [0.15, 0.2) is 23.0 Å². The molecule has 2 heterocycles. The summed E-state index contributed by atoms with van der Waals surface area (Å²) in [5.74, 6) is 2.42. The van der Waals surface area contributed by atoms with Gasteiger partial charge in [-0.1, -0.05) is 24.3 Å².